The van der Waals surface area contributed by atoms with Gasteiger partial charge in [0.1, 0.15) is 11.3 Å². The highest BCUT2D eigenvalue weighted by Crippen LogP contribution is 2.28. The summed E-state index contributed by atoms with van der Waals surface area (Å²) >= 11 is 0. The number of nitrogens with one attached hydrogen (secondary N) is 2. The van der Waals surface area contributed by atoms with Gasteiger partial charge in [0.2, 0.25) is 5.91 Å². The first-order valence-electron chi connectivity index (χ1n) is 8.40. The van der Waals surface area contributed by atoms with Crippen LogP contribution in [0.25, 0.3) is 22.3 Å². The Bertz CT molecular complexity index is 812. The number of anilines is 1. The largest absolute Gasteiger partial charge is 0.456 e. The number of amides is 1. The second-order valence-corrected chi connectivity index (χ2v) is 6.24. The van der Waals surface area contributed by atoms with Crippen LogP contribution in [0.15, 0.2) is 59.0 Å². The normalized spacial score (nSPS) is 15.5. The van der Waals surface area contributed by atoms with Gasteiger partial charge in [-0.25, -0.2) is 0 Å². The van der Waals surface area contributed by atoms with E-state index in [9.17, 15) is 4.79 Å². The third-order valence-electron chi connectivity index (χ3n) is 4.57. The van der Waals surface area contributed by atoms with E-state index in [1.54, 1.807) is 0 Å². The zero-order valence-corrected chi connectivity index (χ0v) is 13.4. The fourth-order valence-corrected chi connectivity index (χ4v) is 3.17. The van der Waals surface area contributed by atoms with Gasteiger partial charge in [-0.1, -0.05) is 18.2 Å². The predicted molar refractivity (Wildman–Crippen MR) is 95.9 cm³/mol. The summed E-state index contributed by atoms with van der Waals surface area (Å²) in [5.74, 6) is 1.07. The molecule has 1 aromatic heterocycles. The van der Waals surface area contributed by atoms with Gasteiger partial charge in [-0.2, -0.15) is 0 Å². The molecule has 122 valence electrons. The van der Waals surface area contributed by atoms with Crippen molar-refractivity contribution in [2.45, 2.75) is 12.8 Å². The average Bonchev–Trinajstić information content (AvgIpc) is 3.07. The quantitative estimate of drug-likeness (QED) is 0.766. The van der Waals surface area contributed by atoms with Gasteiger partial charge in [-0.15, -0.1) is 0 Å². The average molecular weight is 320 g/mol. The minimum atomic E-state index is 0.112. The van der Waals surface area contributed by atoms with Crippen molar-refractivity contribution in [1.29, 1.82) is 0 Å². The lowest BCUT2D eigenvalue weighted by atomic mass is 9.97. The Kier molecular flexibility index (Phi) is 4.05. The molecule has 0 atom stereocenters. The van der Waals surface area contributed by atoms with Crippen molar-refractivity contribution in [2.75, 3.05) is 18.4 Å². The molecule has 0 aliphatic carbocycles. The zero-order chi connectivity index (χ0) is 16.4. The van der Waals surface area contributed by atoms with Crippen LogP contribution in [-0.2, 0) is 4.79 Å². The van der Waals surface area contributed by atoms with Gasteiger partial charge < -0.3 is 15.1 Å². The first-order valence-corrected chi connectivity index (χ1v) is 8.40. The predicted octanol–water partition coefficient (Wildman–Crippen LogP) is 4.04. The zero-order valence-electron chi connectivity index (χ0n) is 13.4. The van der Waals surface area contributed by atoms with Crippen LogP contribution < -0.4 is 10.6 Å². The summed E-state index contributed by atoms with van der Waals surface area (Å²) in [6, 6.07) is 17.8. The molecule has 4 heteroatoms. The smallest absolute Gasteiger partial charge is 0.227 e. The molecular formula is C20H20N2O2. The summed E-state index contributed by atoms with van der Waals surface area (Å²) < 4.78 is 5.88. The molecular weight excluding hydrogens is 300 g/mol. The molecule has 1 saturated heterocycles. The molecule has 2 aromatic carbocycles. The van der Waals surface area contributed by atoms with Crippen molar-refractivity contribution in [3.8, 4) is 11.3 Å². The van der Waals surface area contributed by atoms with Crippen LogP contribution in [-0.4, -0.2) is 19.0 Å². The minimum Gasteiger partial charge on any atom is -0.456 e. The van der Waals surface area contributed by atoms with Crippen LogP contribution in [0.5, 0.6) is 0 Å². The van der Waals surface area contributed by atoms with E-state index in [0.29, 0.717) is 0 Å². The molecule has 0 saturated carbocycles. The van der Waals surface area contributed by atoms with E-state index < -0.39 is 0 Å². The number of carbonyl (C=O) groups excluding carboxylic acids is 1. The molecule has 4 rings (SSSR count). The number of hydrogen-bond donors (Lipinski definition) is 2. The Morgan fingerprint density at radius 3 is 2.54 bits per heavy atom. The molecule has 4 nitrogen and oxygen atoms in total. The van der Waals surface area contributed by atoms with Gasteiger partial charge in [-0.3, -0.25) is 4.79 Å². The SMILES string of the molecule is O=C(Nc1ccc(-c2cc3ccccc3o2)cc1)C1CCNCC1. The summed E-state index contributed by atoms with van der Waals surface area (Å²) in [5.41, 5.74) is 2.72. The van der Waals surface area contributed by atoms with Crippen LogP contribution in [0, 0.1) is 5.92 Å². The van der Waals surface area contributed by atoms with Crippen LogP contribution in [0.2, 0.25) is 0 Å². The van der Waals surface area contributed by atoms with Crippen LogP contribution >= 0.6 is 0 Å². The first kappa shape index (κ1) is 15.0. The maximum atomic E-state index is 12.3. The van der Waals surface area contributed by atoms with Crippen molar-refractivity contribution in [1.82, 2.24) is 5.32 Å². The highest BCUT2D eigenvalue weighted by atomic mass is 16.3. The number of fused-ring (bicyclic) bond motifs is 1. The van der Waals surface area contributed by atoms with Crippen molar-refractivity contribution >= 4 is 22.6 Å². The maximum absolute atomic E-state index is 12.3. The molecule has 1 amide bonds. The van der Waals surface area contributed by atoms with Crippen molar-refractivity contribution in [3.05, 3.63) is 54.6 Å². The summed E-state index contributed by atoms with van der Waals surface area (Å²) in [7, 11) is 0. The molecule has 1 aliphatic rings. The molecule has 0 unspecified atom stereocenters. The van der Waals surface area contributed by atoms with E-state index in [1.165, 1.54) is 0 Å². The standard InChI is InChI=1S/C20H20N2O2/c23-20(15-9-11-21-12-10-15)22-17-7-5-14(6-8-17)19-13-16-3-1-2-4-18(16)24-19/h1-8,13,15,21H,9-12H2,(H,22,23). The maximum Gasteiger partial charge on any atom is 0.227 e. The molecule has 1 fully saturated rings. The van der Waals surface area contributed by atoms with E-state index in [2.05, 4.69) is 10.6 Å². The monoisotopic (exact) mass is 320 g/mol. The Morgan fingerprint density at radius 1 is 1.04 bits per heavy atom. The van der Waals surface area contributed by atoms with E-state index in [0.717, 1.165) is 53.9 Å². The molecule has 24 heavy (non-hydrogen) atoms. The third-order valence-corrected chi connectivity index (χ3v) is 4.57. The number of para-hydroxylation sites is 1. The highest BCUT2D eigenvalue weighted by molar-refractivity contribution is 5.93. The molecule has 0 bridgehead atoms. The van der Waals surface area contributed by atoms with Crippen molar-refractivity contribution in [2.24, 2.45) is 5.92 Å². The Labute approximate surface area is 140 Å². The number of piperidine rings is 1. The molecule has 3 aromatic rings. The van der Waals surface area contributed by atoms with Crippen LogP contribution in [0.1, 0.15) is 12.8 Å². The van der Waals surface area contributed by atoms with E-state index >= 15 is 0 Å². The minimum absolute atomic E-state index is 0.112. The summed E-state index contributed by atoms with van der Waals surface area (Å²) in [5, 5.41) is 7.39. The number of furan rings is 1. The lowest BCUT2D eigenvalue weighted by Crippen LogP contribution is -2.34. The lowest BCUT2D eigenvalue weighted by Gasteiger charge is -2.21. The lowest BCUT2D eigenvalue weighted by molar-refractivity contribution is -0.120. The van der Waals surface area contributed by atoms with Gasteiger partial charge in [0.25, 0.3) is 0 Å². The molecule has 0 radical (unpaired) electrons. The summed E-state index contributed by atoms with van der Waals surface area (Å²) in [6.45, 7) is 1.84. The van der Waals surface area contributed by atoms with Crippen molar-refractivity contribution in [3.63, 3.8) is 0 Å². The van der Waals surface area contributed by atoms with E-state index in [1.807, 2.05) is 54.6 Å². The topological polar surface area (TPSA) is 54.3 Å². The molecule has 2 heterocycles. The Hall–Kier alpha value is -2.59. The van der Waals surface area contributed by atoms with Crippen LogP contribution in [0.3, 0.4) is 0 Å². The van der Waals surface area contributed by atoms with Crippen molar-refractivity contribution < 1.29 is 9.21 Å². The number of hydrogen-bond acceptors (Lipinski definition) is 3. The molecule has 2 N–H and O–H groups in total. The molecule has 0 spiro atoms. The third kappa shape index (κ3) is 3.05. The summed E-state index contributed by atoms with van der Waals surface area (Å²) in [4.78, 5) is 12.3. The van der Waals surface area contributed by atoms with E-state index in [4.69, 9.17) is 4.42 Å². The van der Waals surface area contributed by atoms with Gasteiger partial charge in [0.15, 0.2) is 0 Å². The molecule has 1 aliphatic heterocycles. The number of benzene rings is 2. The number of rotatable bonds is 3. The summed E-state index contributed by atoms with van der Waals surface area (Å²) in [6.07, 6.45) is 1.81. The highest BCUT2D eigenvalue weighted by Gasteiger charge is 2.20. The van der Waals surface area contributed by atoms with E-state index in [-0.39, 0.29) is 11.8 Å². The van der Waals surface area contributed by atoms with Gasteiger partial charge in [0.05, 0.1) is 0 Å². The Morgan fingerprint density at radius 2 is 1.79 bits per heavy atom. The second kappa shape index (κ2) is 6.49. The van der Waals surface area contributed by atoms with Gasteiger partial charge >= 0.3 is 0 Å². The van der Waals surface area contributed by atoms with Gasteiger partial charge in [-0.05, 0) is 62.3 Å². The first-order chi connectivity index (χ1) is 11.8. The Balaban J connectivity index is 1.48. The fraction of sp³-hybridized carbons (Fsp3) is 0.250. The van der Waals surface area contributed by atoms with Gasteiger partial charge in [0, 0.05) is 22.6 Å². The fourth-order valence-electron chi connectivity index (χ4n) is 3.17. The second-order valence-electron chi connectivity index (χ2n) is 6.24. The van der Waals surface area contributed by atoms with Crippen LogP contribution in [0.4, 0.5) is 5.69 Å². The number of carbonyl (C=O) groups is 1.